The van der Waals surface area contributed by atoms with Crippen LogP contribution in [0.5, 0.6) is 0 Å². The molecule has 4 heteroatoms. The molecule has 2 rings (SSSR count). The van der Waals surface area contributed by atoms with E-state index in [-0.39, 0.29) is 10.8 Å². The number of hydrogen-bond acceptors (Lipinski definition) is 2. The molecule has 0 aliphatic heterocycles. The highest BCUT2D eigenvalue weighted by molar-refractivity contribution is 6.30. The topological polar surface area (TPSA) is 24.9 Å². The van der Waals surface area contributed by atoms with Gasteiger partial charge in [0, 0.05) is 11.9 Å². The van der Waals surface area contributed by atoms with Gasteiger partial charge in [0.05, 0.1) is 5.02 Å². The maximum absolute atomic E-state index is 13.5. The van der Waals surface area contributed by atoms with Crippen molar-refractivity contribution in [3.8, 4) is 0 Å². The Morgan fingerprint density at radius 2 is 1.94 bits per heavy atom. The fourth-order valence-electron chi connectivity index (χ4n) is 1.46. The molecule has 0 saturated carbocycles. The summed E-state index contributed by atoms with van der Waals surface area (Å²) in [5, 5.41) is 3.21. The maximum atomic E-state index is 13.5. The summed E-state index contributed by atoms with van der Waals surface area (Å²) in [5.74, 6) is -0.284. The summed E-state index contributed by atoms with van der Waals surface area (Å²) < 4.78 is 13.5. The Bertz CT molecular complexity index is 555. The Hall–Kier alpha value is -1.61. The van der Waals surface area contributed by atoms with E-state index in [0.717, 1.165) is 11.3 Å². The van der Waals surface area contributed by atoms with Gasteiger partial charge in [0.1, 0.15) is 0 Å². The molecular formula is C13H12ClFN2. The van der Waals surface area contributed by atoms with Crippen molar-refractivity contribution < 1.29 is 4.39 Å². The summed E-state index contributed by atoms with van der Waals surface area (Å²) in [5.41, 5.74) is 3.14. The lowest BCUT2D eigenvalue weighted by atomic mass is 10.1. The van der Waals surface area contributed by atoms with Crippen LogP contribution in [-0.2, 0) is 0 Å². The van der Waals surface area contributed by atoms with E-state index in [9.17, 15) is 4.39 Å². The Morgan fingerprint density at radius 3 is 2.59 bits per heavy atom. The molecule has 1 aromatic heterocycles. The molecule has 2 nitrogen and oxygen atoms in total. The van der Waals surface area contributed by atoms with Gasteiger partial charge < -0.3 is 5.32 Å². The van der Waals surface area contributed by atoms with Crippen LogP contribution in [0, 0.1) is 19.7 Å². The summed E-state index contributed by atoms with van der Waals surface area (Å²) in [4.78, 5) is 3.91. The van der Waals surface area contributed by atoms with Crippen molar-refractivity contribution in [2.75, 3.05) is 5.32 Å². The van der Waals surface area contributed by atoms with Gasteiger partial charge >= 0.3 is 0 Å². The molecular weight excluding hydrogens is 239 g/mol. The number of aromatic nitrogens is 1. The second-order valence-corrected chi connectivity index (χ2v) is 4.34. The summed E-state index contributed by atoms with van der Waals surface area (Å²) >= 11 is 5.64. The van der Waals surface area contributed by atoms with Gasteiger partial charge in [-0.25, -0.2) is 9.37 Å². The molecule has 17 heavy (non-hydrogen) atoms. The number of benzene rings is 1. The monoisotopic (exact) mass is 250 g/mol. The van der Waals surface area contributed by atoms with Gasteiger partial charge in [-0.3, -0.25) is 0 Å². The van der Waals surface area contributed by atoms with E-state index in [4.69, 9.17) is 11.6 Å². The maximum Gasteiger partial charge on any atom is 0.167 e. The minimum Gasteiger partial charge on any atom is -0.338 e. The minimum atomic E-state index is -0.462. The van der Waals surface area contributed by atoms with Crippen LogP contribution >= 0.6 is 11.6 Å². The first kappa shape index (κ1) is 11.9. The van der Waals surface area contributed by atoms with E-state index < -0.39 is 5.82 Å². The van der Waals surface area contributed by atoms with Gasteiger partial charge in [-0.15, -0.1) is 0 Å². The lowest BCUT2D eigenvalue weighted by Crippen LogP contribution is -1.97. The average molecular weight is 251 g/mol. The molecule has 0 atom stereocenters. The van der Waals surface area contributed by atoms with Crippen LogP contribution in [0.1, 0.15) is 11.1 Å². The smallest absolute Gasteiger partial charge is 0.167 e. The quantitative estimate of drug-likeness (QED) is 0.863. The second kappa shape index (κ2) is 4.72. The number of anilines is 2. The number of pyridine rings is 1. The molecule has 0 unspecified atom stereocenters. The minimum absolute atomic E-state index is 0.178. The molecule has 0 spiro atoms. The van der Waals surface area contributed by atoms with Crippen molar-refractivity contribution in [2.24, 2.45) is 0 Å². The SMILES string of the molecule is Cc1ccc(Nc2ncc(Cl)cc2F)cc1C. The van der Waals surface area contributed by atoms with Crippen LogP contribution in [0.3, 0.4) is 0 Å². The molecule has 0 fully saturated rings. The molecule has 1 N–H and O–H groups in total. The van der Waals surface area contributed by atoms with E-state index >= 15 is 0 Å². The van der Waals surface area contributed by atoms with Crippen molar-refractivity contribution in [2.45, 2.75) is 13.8 Å². The highest BCUT2D eigenvalue weighted by Crippen LogP contribution is 2.21. The van der Waals surface area contributed by atoms with Crippen LogP contribution in [-0.4, -0.2) is 4.98 Å². The van der Waals surface area contributed by atoms with Crippen LogP contribution in [0.25, 0.3) is 0 Å². The molecule has 1 aromatic carbocycles. The zero-order valence-corrected chi connectivity index (χ0v) is 10.3. The van der Waals surface area contributed by atoms with Crippen molar-refractivity contribution in [3.05, 3.63) is 52.4 Å². The Balaban J connectivity index is 2.28. The van der Waals surface area contributed by atoms with E-state index in [2.05, 4.69) is 10.3 Å². The van der Waals surface area contributed by atoms with E-state index in [0.29, 0.717) is 0 Å². The van der Waals surface area contributed by atoms with Crippen molar-refractivity contribution >= 4 is 23.1 Å². The molecule has 0 radical (unpaired) electrons. The normalized spacial score (nSPS) is 10.4. The van der Waals surface area contributed by atoms with E-state index in [1.54, 1.807) is 0 Å². The Labute approximate surface area is 104 Å². The van der Waals surface area contributed by atoms with Crippen LogP contribution in [0.4, 0.5) is 15.9 Å². The second-order valence-electron chi connectivity index (χ2n) is 3.91. The summed E-state index contributed by atoms with van der Waals surface area (Å²) in [7, 11) is 0. The van der Waals surface area contributed by atoms with Crippen molar-refractivity contribution in [1.29, 1.82) is 0 Å². The first-order valence-electron chi connectivity index (χ1n) is 5.21. The largest absolute Gasteiger partial charge is 0.338 e. The van der Waals surface area contributed by atoms with Gasteiger partial charge in [0.15, 0.2) is 11.6 Å². The number of nitrogens with one attached hydrogen (secondary N) is 1. The highest BCUT2D eigenvalue weighted by Gasteiger charge is 2.05. The number of hydrogen-bond donors (Lipinski definition) is 1. The van der Waals surface area contributed by atoms with Crippen LogP contribution in [0.15, 0.2) is 30.5 Å². The van der Waals surface area contributed by atoms with Gasteiger partial charge in [0.2, 0.25) is 0 Å². The van der Waals surface area contributed by atoms with E-state index in [1.165, 1.54) is 17.8 Å². The summed E-state index contributed by atoms with van der Waals surface area (Å²) in [6.45, 7) is 4.03. The fraction of sp³-hybridized carbons (Fsp3) is 0.154. The number of aryl methyl sites for hydroxylation is 2. The zero-order chi connectivity index (χ0) is 12.4. The van der Waals surface area contributed by atoms with E-state index in [1.807, 2.05) is 32.0 Å². The number of rotatable bonds is 2. The van der Waals surface area contributed by atoms with Crippen molar-refractivity contribution in [1.82, 2.24) is 4.98 Å². The Kier molecular flexibility index (Phi) is 3.29. The van der Waals surface area contributed by atoms with Crippen molar-refractivity contribution in [3.63, 3.8) is 0 Å². The molecule has 0 bridgehead atoms. The molecule has 1 heterocycles. The van der Waals surface area contributed by atoms with Crippen LogP contribution in [0.2, 0.25) is 5.02 Å². The van der Waals surface area contributed by atoms with Gasteiger partial charge in [-0.2, -0.15) is 0 Å². The number of nitrogens with zero attached hydrogens (tertiary/aromatic N) is 1. The predicted molar refractivity (Wildman–Crippen MR) is 68.4 cm³/mol. The third-order valence-corrected chi connectivity index (χ3v) is 2.78. The zero-order valence-electron chi connectivity index (χ0n) is 9.59. The van der Waals surface area contributed by atoms with Gasteiger partial charge in [0.25, 0.3) is 0 Å². The number of halogens is 2. The van der Waals surface area contributed by atoms with Gasteiger partial charge in [-0.1, -0.05) is 17.7 Å². The predicted octanol–water partition coefficient (Wildman–Crippen LogP) is 4.23. The highest BCUT2D eigenvalue weighted by atomic mass is 35.5. The molecule has 0 aliphatic rings. The summed E-state index contributed by atoms with van der Waals surface area (Å²) in [6, 6.07) is 7.05. The first-order chi connectivity index (χ1) is 8.06. The third-order valence-electron chi connectivity index (χ3n) is 2.58. The standard InChI is InChI=1S/C13H12ClFN2/c1-8-3-4-11(5-9(8)2)17-13-12(15)6-10(14)7-16-13/h3-7H,1-2H3,(H,16,17). The van der Waals surface area contributed by atoms with Crippen LogP contribution < -0.4 is 5.32 Å². The lowest BCUT2D eigenvalue weighted by molar-refractivity contribution is 0.626. The first-order valence-corrected chi connectivity index (χ1v) is 5.59. The summed E-state index contributed by atoms with van der Waals surface area (Å²) in [6.07, 6.45) is 1.41. The average Bonchev–Trinajstić information content (AvgIpc) is 2.27. The third kappa shape index (κ3) is 2.74. The Morgan fingerprint density at radius 1 is 1.18 bits per heavy atom. The molecule has 0 amide bonds. The molecule has 0 aliphatic carbocycles. The fourth-order valence-corrected chi connectivity index (χ4v) is 1.61. The lowest BCUT2D eigenvalue weighted by Gasteiger charge is -2.08. The molecule has 0 saturated heterocycles. The van der Waals surface area contributed by atoms with Gasteiger partial charge in [-0.05, 0) is 43.2 Å². The molecule has 2 aromatic rings. The molecule has 88 valence electrons.